The van der Waals surface area contributed by atoms with E-state index >= 15 is 0 Å². The van der Waals surface area contributed by atoms with Crippen LogP contribution in [0.1, 0.15) is 18.5 Å². The third-order valence-corrected chi connectivity index (χ3v) is 6.28. The lowest BCUT2D eigenvalue weighted by molar-refractivity contribution is -0.126. The molecule has 0 saturated carbocycles. The number of nitrogens with zero attached hydrogens (tertiary/aromatic N) is 6. The van der Waals surface area contributed by atoms with Crippen molar-refractivity contribution in [3.63, 3.8) is 0 Å². The summed E-state index contributed by atoms with van der Waals surface area (Å²) < 4.78 is 5.81. The van der Waals surface area contributed by atoms with Crippen LogP contribution in [-0.4, -0.2) is 54.9 Å². The zero-order valence-electron chi connectivity index (χ0n) is 20.0. The number of carbonyl (C=O) groups excluding carboxylic acids is 1. The molecule has 3 aromatic heterocycles. The summed E-state index contributed by atoms with van der Waals surface area (Å²) in [5.74, 6) is 1.52. The summed E-state index contributed by atoms with van der Waals surface area (Å²) in [5.41, 5.74) is 2.72. The number of ether oxygens (including phenoxy) is 1. The number of hydrogen-bond donors (Lipinski definition) is 2. The number of hydrogen-bond acceptors (Lipinski definition) is 9. The predicted molar refractivity (Wildman–Crippen MR) is 142 cm³/mol. The monoisotopic (exact) mass is 516 g/mol. The number of halogens is 1. The van der Waals surface area contributed by atoms with E-state index in [2.05, 4.69) is 42.1 Å². The van der Waals surface area contributed by atoms with Gasteiger partial charge in [0.1, 0.15) is 29.7 Å². The molecule has 37 heavy (non-hydrogen) atoms. The zero-order chi connectivity index (χ0) is 25.6. The summed E-state index contributed by atoms with van der Waals surface area (Å²) in [5, 5.41) is 7.10. The van der Waals surface area contributed by atoms with Crippen LogP contribution in [0, 0.1) is 0 Å². The van der Waals surface area contributed by atoms with Crippen molar-refractivity contribution in [2.75, 3.05) is 23.7 Å². The Bertz CT molecular complexity index is 1410. The van der Waals surface area contributed by atoms with E-state index in [1.807, 2.05) is 24.3 Å². The number of aromatic nitrogens is 5. The minimum atomic E-state index is -0.0406. The van der Waals surface area contributed by atoms with Gasteiger partial charge in [-0.3, -0.25) is 9.78 Å². The van der Waals surface area contributed by atoms with Crippen LogP contribution < -0.4 is 15.4 Å². The van der Waals surface area contributed by atoms with Crippen molar-refractivity contribution in [2.24, 2.45) is 0 Å². The molecule has 1 aromatic carbocycles. The van der Waals surface area contributed by atoms with Gasteiger partial charge in [-0.2, -0.15) is 0 Å². The number of anilines is 3. The fourth-order valence-corrected chi connectivity index (χ4v) is 4.27. The van der Waals surface area contributed by atoms with Gasteiger partial charge in [0.15, 0.2) is 5.82 Å². The molecule has 10 nitrogen and oxygen atoms in total. The first-order valence-corrected chi connectivity index (χ1v) is 12.2. The van der Waals surface area contributed by atoms with Crippen molar-refractivity contribution in [3.05, 3.63) is 78.5 Å². The second-order valence-electron chi connectivity index (χ2n) is 8.48. The molecule has 1 aliphatic heterocycles. The van der Waals surface area contributed by atoms with Gasteiger partial charge in [0, 0.05) is 31.0 Å². The molecule has 0 bridgehead atoms. The van der Waals surface area contributed by atoms with Crippen molar-refractivity contribution in [1.82, 2.24) is 29.8 Å². The molecule has 4 aromatic rings. The zero-order valence-corrected chi connectivity index (χ0v) is 20.7. The van der Waals surface area contributed by atoms with Crippen LogP contribution in [0.4, 0.5) is 17.5 Å². The first-order valence-electron chi connectivity index (χ1n) is 11.8. The van der Waals surface area contributed by atoms with Gasteiger partial charge < -0.3 is 20.3 Å². The van der Waals surface area contributed by atoms with E-state index in [0.717, 1.165) is 24.2 Å². The molecule has 5 rings (SSSR count). The second-order valence-corrected chi connectivity index (χ2v) is 8.88. The Morgan fingerprint density at radius 3 is 2.78 bits per heavy atom. The summed E-state index contributed by atoms with van der Waals surface area (Å²) >= 11 is 6.47. The minimum absolute atomic E-state index is 0.0406. The molecule has 1 fully saturated rings. The van der Waals surface area contributed by atoms with Crippen LogP contribution in [0.3, 0.4) is 0 Å². The van der Waals surface area contributed by atoms with Crippen molar-refractivity contribution >= 4 is 46.0 Å². The average Bonchev–Trinajstić information content (AvgIpc) is 2.93. The van der Waals surface area contributed by atoms with E-state index in [1.54, 1.807) is 29.4 Å². The Morgan fingerprint density at radius 1 is 1.16 bits per heavy atom. The number of amides is 1. The fourth-order valence-electron chi connectivity index (χ4n) is 4.04. The number of benzene rings is 1. The number of rotatable bonds is 8. The average molecular weight is 517 g/mol. The molecular formula is C26H25ClN8O2. The van der Waals surface area contributed by atoms with E-state index < -0.39 is 0 Å². The largest absolute Gasteiger partial charge is 0.486 e. The number of piperidine rings is 1. The summed E-state index contributed by atoms with van der Waals surface area (Å²) in [4.78, 5) is 35.6. The molecule has 0 radical (unpaired) electrons. The summed E-state index contributed by atoms with van der Waals surface area (Å²) in [6, 6.07) is 11.2. The van der Waals surface area contributed by atoms with Gasteiger partial charge in [-0.25, -0.2) is 19.9 Å². The molecule has 1 saturated heterocycles. The van der Waals surface area contributed by atoms with Gasteiger partial charge >= 0.3 is 0 Å². The fraction of sp³-hybridized carbons (Fsp3) is 0.231. The number of nitrogens with one attached hydrogen (secondary N) is 2. The van der Waals surface area contributed by atoms with Gasteiger partial charge in [0.05, 0.1) is 16.9 Å². The summed E-state index contributed by atoms with van der Waals surface area (Å²) in [6.45, 7) is 5.20. The SMILES string of the molecule is C=CC(=O)N1CCC(Nc2ncc3ncnc(Nc4ccc(OCc5ccccn5)c(Cl)c4)c3n2)CC1. The Morgan fingerprint density at radius 2 is 2.03 bits per heavy atom. The Hall–Kier alpha value is -4.31. The lowest BCUT2D eigenvalue weighted by Gasteiger charge is -2.31. The number of likely N-dealkylation sites (tertiary alicyclic amines) is 1. The van der Waals surface area contributed by atoms with Crippen LogP contribution in [0.5, 0.6) is 5.75 Å². The van der Waals surface area contributed by atoms with Crippen molar-refractivity contribution in [2.45, 2.75) is 25.5 Å². The maximum Gasteiger partial charge on any atom is 0.245 e. The smallest absolute Gasteiger partial charge is 0.245 e. The molecule has 0 atom stereocenters. The summed E-state index contributed by atoms with van der Waals surface area (Å²) in [7, 11) is 0. The topological polar surface area (TPSA) is 118 Å². The van der Waals surface area contributed by atoms with Gasteiger partial charge in [0.2, 0.25) is 11.9 Å². The maximum absolute atomic E-state index is 11.8. The highest BCUT2D eigenvalue weighted by Crippen LogP contribution is 2.30. The molecule has 1 aliphatic rings. The van der Waals surface area contributed by atoms with Gasteiger partial charge in [-0.1, -0.05) is 24.2 Å². The van der Waals surface area contributed by atoms with E-state index in [-0.39, 0.29) is 11.9 Å². The highest BCUT2D eigenvalue weighted by Gasteiger charge is 2.22. The van der Waals surface area contributed by atoms with Crippen LogP contribution in [-0.2, 0) is 11.4 Å². The minimum Gasteiger partial charge on any atom is -0.486 e. The molecule has 4 heterocycles. The standard InChI is InChI=1S/C26H25ClN8O2/c1-2-23(36)35-11-8-17(9-12-35)33-26-29-14-21-24(34-26)25(31-16-30-21)32-18-6-7-22(20(27)13-18)37-15-19-5-3-4-10-28-19/h2-7,10,13-14,16-17H,1,8-9,11-12,15H2,(H,29,33,34)(H,30,31,32). The number of fused-ring (bicyclic) bond motifs is 1. The molecule has 0 unspecified atom stereocenters. The third-order valence-electron chi connectivity index (χ3n) is 5.99. The first-order chi connectivity index (χ1) is 18.1. The van der Waals surface area contributed by atoms with Crippen LogP contribution in [0.25, 0.3) is 11.0 Å². The lowest BCUT2D eigenvalue weighted by atomic mass is 10.1. The number of carbonyl (C=O) groups is 1. The molecule has 0 spiro atoms. The quantitative estimate of drug-likeness (QED) is 0.329. The third kappa shape index (κ3) is 5.92. The second kappa shape index (κ2) is 11.2. The predicted octanol–water partition coefficient (Wildman–Crippen LogP) is 4.38. The van der Waals surface area contributed by atoms with Crippen molar-refractivity contribution in [3.8, 4) is 5.75 Å². The van der Waals surface area contributed by atoms with E-state index in [1.165, 1.54) is 12.4 Å². The maximum atomic E-state index is 11.8. The Labute approximate surface area is 218 Å². The first kappa shape index (κ1) is 24.4. The highest BCUT2D eigenvalue weighted by atomic mass is 35.5. The van der Waals surface area contributed by atoms with Crippen molar-refractivity contribution in [1.29, 1.82) is 0 Å². The van der Waals surface area contributed by atoms with Gasteiger partial charge in [-0.15, -0.1) is 0 Å². The van der Waals surface area contributed by atoms with Gasteiger partial charge in [0.25, 0.3) is 0 Å². The number of pyridine rings is 1. The van der Waals surface area contributed by atoms with E-state index in [0.29, 0.717) is 53.3 Å². The van der Waals surface area contributed by atoms with Gasteiger partial charge in [-0.05, 0) is 49.2 Å². The molecule has 1 amide bonds. The molecule has 0 aliphatic carbocycles. The molecule has 188 valence electrons. The Balaban J connectivity index is 1.27. The molecule has 2 N–H and O–H groups in total. The van der Waals surface area contributed by atoms with Crippen LogP contribution >= 0.6 is 11.6 Å². The lowest BCUT2D eigenvalue weighted by Crippen LogP contribution is -2.41. The van der Waals surface area contributed by atoms with Crippen LogP contribution in [0.15, 0.2) is 67.8 Å². The van der Waals surface area contributed by atoms with E-state index in [4.69, 9.17) is 16.3 Å². The van der Waals surface area contributed by atoms with E-state index in [9.17, 15) is 4.79 Å². The molecular weight excluding hydrogens is 492 g/mol. The van der Waals surface area contributed by atoms with Crippen molar-refractivity contribution < 1.29 is 9.53 Å². The normalized spacial score (nSPS) is 13.8. The Kier molecular flexibility index (Phi) is 7.36. The summed E-state index contributed by atoms with van der Waals surface area (Å²) in [6.07, 6.45) is 7.79. The van der Waals surface area contributed by atoms with Crippen LogP contribution in [0.2, 0.25) is 5.02 Å². The molecule has 11 heteroatoms. The highest BCUT2D eigenvalue weighted by molar-refractivity contribution is 6.32.